The van der Waals surface area contributed by atoms with Gasteiger partial charge in [0, 0.05) is 19.7 Å². The molecule has 0 atom stereocenters. The zero-order valence-electron chi connectivity index (χ0n) is 10.6. The third kappa shape index (κ3) is 3.38. The van der Waals surface area contributed by atoms with Crippen molar-refractivity contribution in [3.63, 3.8) is 0 Å². The maximum atomic E-state index is 12.8. The summed E-state index contributed by atoms with van der Waals surface area (Å²) in [6, 6.07) is 1.44. The Morgan fingerprint density at radius 1 is 1.35 bits per heavy atom. The van der Waals surface area contributed by atoms with Crippen LogP contribution in [-0.4, -0.2) is 31.3 Å². The zero-order chi connectivity index (χ0) is 14.8. The van der Waals surface area contributed by atoms with E-state index in [9.17, 15) is 13.2 Å². The van der Waals surface area contributed by atoms with Crippen LogP contribution in [0.15, 0.2) is 22.6 Å². The predicted octanol–water partition coefficient (Wildman–Crippen LogP) is 2.21. The fraction of sp³-hybridized carbons (Fsp3) is 0.400. The summed E-state index contributed by atoms with van der Waals surface area (Å²) in [5, 5.41) is 7.19. The van der Waals surface area contributed by atoms with Gasteiger partial charge in [0.1, 0.15) is 17.2 Å². The van der Waals surface area contributed by atoms with E-state index in [-0.39, 0.29) is 10.8 Å². The Kier molecular flexibility index (Phi) is 4.12. The van der Waals surface area contributed by atoms with Crippen LogP contribution in [0, 0.1) is 0 Å². The van der Waals surface area contributed by atoms with E-state index in [1.54, 1.807) is 14.0 Å². The molecule has 0 bridgehead atoms. The number of anilines is 1. The van der Waals surface area contributed by atoms with Gasteiger partial charge in [0.25, 0.3) is 0 Å². The smallest absolute Gasteiger partial charge is 0.370 e. The summed E-state index contributed by atoms with van der Waals surface area (Å²) in [6.45, 7) is 2.23. The van der Waals surface area contributed by atoms with Gasteiger partial charge in [0.05, 0.1) is 0 Å². The van der Waals surface area contributed by atoms with Crippen molar-refractivity contribution < 1.29 is 13.2 Å². The molecule has 0 aromatic carbocycles. The summed E-state index contributed by atoms with van der Waals surface area (Å²) in [5.74, 6) is -1.06. The minimum atomic E-state index is -4.60. The number of rotatable bonds is 4. The van der Waals surface area contributed by atoms with Crippen molar-refractivity contribution in [2.24, 2.45) is 7.05 Å². The molecule has 0 aliphatic rings. The number of hydrogen-bond donors (Lipinski definition) is 1. The summed E-state index contributed by atoms with van der Waals surface area (Å²) in [5.41, 5.74) is 0. The van der Waals surface area contributed by atoms with Crippen LogP contribution < -0.4 is 5.32 Å². The van der Waals surface area contributed by atoms with Crippen molar-refractivity contribution >= 4 is 17.6 Å². The lowest BCUT2D eigenvalue weighted by Crippen LogP contribution is -2.13. The molecule has 6 nitrogen and oxygen atoms in total. The zero-order valence-corrected chi connectivity index (χ0v) is 11.5. The van der Waals surface area contributed by atoms with E-state index in [0.717, 1.165) is 11.8 Å². The van der Waals surface area contributed by atoms with Crippen molar-refractivity contribution in [3.05, 3.63) is 18.2 Å². The Hall–Kier alpha value is -1.84. The molecule has 2 heterocycles. The lowest BCUT2D eigenvalue weighted by molar-refractivity contribution is -0.145. The van der Waals surface area contributed by atoms with Gasteiger partial charge in [-0.1, -0.05) is 0 Å². The van der Waals surface area contributed by atoms with Crippen LogP contribution in [0.1, 0.15) is 12.7 Å². The van der Waals surface area contributed by atoms with Crippen LogP contribution >= 0.6 is 11.8 Å². The van der Waals surface area contributed by atoms with Gasteiger partial charge < -0.3 is 5.32 Å². The average molecular weight is 304 g/mol. The molecule has 2 aromatic heterocycles. The highest BCUT2D eigenvalue weighted by Crippen LogP contribution is 2.31. The van der Waals surface area contributed by atoms with Gasteiger partial charge in [-0.05, 0) is 18.7 Å². The van der Waals surface area contributed by atoms with E-state index in [0.29, 0.717) is 11.7 Å². The second kappa shape index (κ2) is 5.65. The number of nitrogens with one attached hydrogen (secondary N) is 1. The third-order valence-corrected chi connectivity index (χ3v) is 3.15. The molecule has 0 amide bonds. The fourth-order valence-electron chi connectivity index (χ4n) is 1.35. The van der Waals surface area contributed by atoms with Crippen molar-refractivity contribution in [1.82, 2.24) is 24.7 Å². The van der Waals surface area contributed by atoms with Crippen LogP contribution in [0.4, 0.5) is 19.0 Å². The maximum Gasteiger partial charge on any atom is 0.451 e. The maximum absolute atomic E-state index is 12.8. The fourth-order valence-corrected chi connectivity index (χ4v) is 2.12. The molecule has 20 heavy (non-hydrogen) atoms. The summed E-state index contributed by atoms with van der Waals surface area (Å²) < 4.78 is 39.7. The first-order valence-corrected chi connectivity index (χ1v) is 6.43. The molecule has 10 heteroatoms. The first kappa shape index (κ1) is 14.6. The molecule has 0 fully saturated rings. The number of hydrogen-bond acceptors (Lipinski definition) is 6. The topological polar surface area (TPSA) is 68.5 Å². The van der Waals surface area contributed by atoms with Crippen LogP contribution in [0.3, 0.4) is 0 Å². The van der Waals surface area contributed by atoms with Crippen LogP contribution in [0.5, 0.6) is 0 Å². The SMILES string of the molecule is CCNc1cc(Sc2ncnn2C)nc(C(F)(F)F)n1. The van der Waals surface area contributed by atoms with Gasteiger partial charge in [-0.2, -0.15) is 18.3 Å². The summed E-state index contributed by atoms with van der Waals surface area (Å²) >= 11 is 0.989. The van der Waals surface area contributed by atoms with Gasteiger partial charge in [0.2, 0.25) is 5.82 Å². The van der Waals surface area contributed by atoms with E-state index in [1.165, 1.54) is 17.1 Å². The molecule has 1 N–H and O–H groups in total. The standard InChI is InChI=1S/C10H11F3N6S/c1-3-14-6-4-7(18-8(17-6)10(11,12)13)20-9-15-5-16-19(9)2/h4-5H,3H2,1-2H3,(H,14,17,18). The first-order valence-electron chi connectivity index (χ1n) is 5.62. The molecule has 0 radical (unpaired) electrons. The number of nitrogens with zero attached hydrogens (tertiary/aromatic N) is 5. The lowest BCUT2D eigenvalue weighted by atomic mass is 10.5. The Morgan fingerprint density at radius 2 is 2.10 bits per heavy atom. The highest BCUT2D eigenvalue weighted by molar-refractivity contribution is 7.99. The van der Waals surface area contributed by atoms with Crippen molar-refractivity contribution in [1.29, 1.82) is 0 Å². The van der Waals surface area contributed by atoms with E-state index >= 15 is 0 Å². The molecule has 2 aromatic rings. The van der Waals surface area contributed by atoms with Gasteiger partial charge in [-0.3, -0.25) is 0 Å². The molecule has 108 valence electrons. The number of alkyl halides is 3. The molecular formula is C10H11F3N6S. The minimum absolute atomic E-state index is 0.125. The van der Waals surface area contributed by atoms with E-state index in [1.807, 2.05) is 0 Å². The number of aryl methyl sites for hydroxylation is 1. The van der Waals surface area contributed by atoms with E-state index < -0.39 is 12.0 Å². The Labute approximate surface area is 116 Å². The van der Waals surface area contributed by atoms with Crippen molar-refractivity contribution in [2.75, 3.05) is 11.9 Å². The summed E-state index contributed by atoms with van der Waals surface area (Å²) in [6.07, 6.45) is -3.28. The van der Waals surface area contributed by atoms with Crippen LogP contribution in [-0.2, 0) is 13.2 Å². The third-order valence-electron chi connectivity index (χ3n) is 2.18. The van der Waals surface area contributed by atoms with Crippen molar-refractivity contribution in [2.45, 2.75) is 23.3 Å². The normalized spacial score (nSPS) is 11.7. The van der Waals surface area contributed by atoms with E-state index in [4.69, 9.17) is 0 Å². The van der Waals surface area contributed by atoms with Crippen LogP contribution in [0.2, 0.25) is 0 Å². The highest BCUT2D eigenvalue weighted by Gasteiger charge is 2.35. The monoisotopic (exact) mass is 304 g/mol. The largest absolute Gasteiger partial charge is 0.451 e. The van der Waals surface area contributed by atoms with Crippen molar-refractivity contribution in [3.8, 4) is 0 Å². The highest BCUT2D eigenvalue weighted by atomic mass is 32.2. The number of halogens is 3. The lowest BCUT2D eigenvalue weighted by Gasteiger charge is -2.10. The second-order valence-corrected chi connectivity index (χ2v) is 4.70. The molecular weight excluding hydrogens is 293 g/mol. The average Bonchev–Trinajstić information content (AvgIpc) is 2.74. The second-order valence-electron chi connectivity index (χ2n) is 3.71. The van der Waals surface area contributed by atoms with Gasteiger partial charge in [-0.15, -0.1) is 0 Å². The molecule has 2 rings (SSSR count). The molecule has 0 saturated carbocycles. The first-order chi connectivity index (χ1) is 9.40. The Morgan fingerprint density at radius 3 is 2.65 bits per heavy atom. The Balaban J connectivity index is 2.36. The summed E-state index contributed by atoms with van der Waals surface area (Å²) in [4.78, 5) is 10.9. The molecule has 0 spiro atoms. The van der Waals surface area contributed by atoms with Crippen LogP contribution in [0.25, 0.3) is 0 Å². The number of aromatic nitrogens is 5. The molecule has 0 unspecified atom stereocenters. The quantitative estimate of drug-likeness (QED) is 0.873. The van der Waals surface area contributed by atoms with Gasteiger partial charge in [0.15, 0.2) is 5.16 Å². The molecule has 0 saturated heterocycles. The van der Waals surface area contributed by atoms with Gasteiger partial charge in [-0.25, -0.2) is 19.6 Å². The predicted molar refractivity (Wildman–Crippen MR) is 66.3 cm³/mol. The Bertz CT molecular complexity index is 597. The molecule has 0 aliphatic carbocycles. The van der Waals surface area contributed by atoms with E-state index in [2.05, 4.69) is 25.4 Å². The minimum Gasteiger partial charge on any atom is -0.370 e. The summed E-state index contributed by atoms with van der Waals surface area (Å²) in [7, 11) is 1.65. The van der Waals surface area contributed by atoms with Gasteiger partial charge >= 0.3 is 6.18 Å². The molecule has 0 aliphatic heterocycles.